The van der Waals surface area contributed by atoms with E-state index in [1.54, 1.807) is 16.5 Å². The van der Waals surface area contributed by atoms with Crippen molar-refractivity contribution in [3.05, 3.63) is 45.2 Å². The van der Waals surface area contributed by atoms with Gasteiger partial charge in [0.1, 0.15) is 17.5 Å². The van der Waals surface area contributed by atoms with Crippen molar-refractivity contribution in [1.29, 1.82) is 0 Å². The molecule has 1 saturated heterocycles. The van der Waals surface area contributed by atoms with Crippen molar-refractivity contribution in [2.75, 3.05) is 23.0 Å². The van der Waals surface area contributed by atoms with Crippen LogP contribution in [0.2, 0.25) is 0 Å². The van der Waals surface area contributed by atoms with E-state index < -0.39 is 17.9 Å². The molecule has 0 aliphatic carbocycles. The van der Waals surface area contributed by atoms with Gasteiger partial charge >= 0.3 is 5.97 Å². The van der Waals surface area contributed by atoms with E-state index >= 15 is 4.39 Å². The van der Waals surface area contributed by atoms with E-state index in [1.165, 1.54) is 17.8 Å². The zero-order chi connectivity index (χ0) is 18.9. The number of anilines is 2. The summed E-state index contributed by atoms with van der Waals surface area (Å²) >= 11 is 1.23. The number of aliphatic hydroxyl groups is 1. The summed E-state index contributed by atoms with van der Waals surface area (Å²) in [6.07, 6.45) is 1.08. The lowest BCUT2D eigenvalue weighted by molar-refractivity contribution is -0.133. The van der Waals surface area contributed by atoms with Crippen LogP contribution in [0.5, 0.6) is 0 Å². The molecule has 3 atom stereocenters. The third-order valence-electron chi connectivity index (χ3n) is 5.65. The molecule has 4 N–H and O–H groups in total. The normalized spacial score (nSPS) is 28.6. The minimum Gasteiger partial charge on any atom is -0.478 e. The maximum Gasteiger partial charge on any atom is 0.337 e. The molecule has 142 valence electrons. The van der Waals surface area contributed by atoms with Crippen molar-refractivity contribution in [2.24, 2.45) is 5.73 Å². The number of nitrogens with two attached hydrogens (primary N) is 1. The highest BCUT2D eigenvalue weighted by molar-refractivity contribution is 8.06. The van der Waals surface area contributed by atoms with E-state index in [9.17, 15) is 15.0 Å². The van der Waals surface area contributed by atoms with Crippen LogP contribution in [0.1, 0.15) is 23.7 Å². The van der Waals surface area contributed by atoms with Crippen molar-refractivity contribution in [3.63, 3.8) is 0 Å². The zero-order valence-electron chi connectivity index (χ0n) is 14.3. The molecular weight excluding hydrogens is 373 g/mol. The Morgan fingerprint density at radius 2 is 2.22 bits per heavy atom. The molecule has 1 fully saturated rings. The first-order chi connectivity index (χ1) is 13.0. The minimum atomic E-state index is -1.41. The Bertz CT molecular complexity index is 918. The quantitative estimate of drug-likeness (QED) is 0.664. The Balaban J connectivity index is 1.75. The Labute approximate surface area is 158 Å². The monoisotopic (exact) mass is 391 g/mol. The molecule has 4 heterocycles. The first-order valence-corrected chi connectivity index (χ1v) is 9.60. The zero-order valence-corrected chi connectivity index (χ0v) is 15.1. The lowest BCUT2D eigenvalue weighted by Crippen LogP contribution is -2.42. The summed E-state index contributed by atoms with van der Waals surface area (Å²) < 4.78 is 21.0. The summed E-state index contributed by atoms with van der Waals surface area (Å²) in [6.45, 7) is 1.21. The Morgan fingerprint density at radius 3 is 3.00 bits per heavy atom. The van der Waals surface area contributed by atoms with E-state index in [-0.39, 0.29) is 29.8 Å². The van der Waals surface area contributed by atoms with E-state index in [0.29, 0.717) is 35.1 Å². The van der Waals surface area contributed by atoms with Crippen molar-refractivity contribution >= 4 is 29.1 Å². The number of carbonyl (C=O) groups is 1. The molecule has 0 saturated carbocycles. The third-order valence-corrected chi connectivity index (χ3v) is 6.55. The molecule has 1 aromatic rings. The summed E-state index contributed by atoms with van der Waals surface area (Å²) in [5.41, 5.74) is 7.94. The fourth-order valence-electron chi connectivity index (χ4n) is 4.42. The van der Waals surface area contributed by atoms with Crippen molar-refractivity contribution < 1.29 is 24.1 Å². The van der Waals surface area contributed by atoms with Crippen LogP contribution in [0.25, 0.3) is 0 Å². The van der Waals surface area contributed by atoms with Gasteiger partial charge in [0.15, 0.2) is 0 Å². The number of carboxylic acid groups (broad SMARTS) is 1. The van der Waals surface area contributed by atoms with Gasteiger partial charge in [-0.1, -0.05) is 11.8 Å². The molecule has 27 heavy (non-hydrogen) atoms. The number of aliphatic carboxylic acids is 1. The number of carboxylic acids is 1. The number of benzene rings is 1. The minimum absolute atomic E-state index is 0.0896. The second kappa shape index (κ2) is 5.96. The molecule has 7 nitrogen and oxygen atoms in total. The van der Waals surface area contributed by atoms with Gasteiger partial charge < -0.3 is 30.5 Å². The number of rotatable bonds is 1. The van der Waals surface area contributed by atoms with E-state index in [4.69, 9.17) is 10.5 Å². The van der Waals surface area contributed by atoms with Crippen LogP contribution in [-0.2, 0) is 16.1 Å². The average Bonchev–Trinajstić information content (AvgIpc) is 3.17. The molecule has 3 unspecified atom stereocenters. The number of hydrogen-bond donors (Lipinski definition) is 3. The summed E-state index contributed by atoms with van der Waals surface area (Å²) in [6, 6.07) is 1.07. The van der Waals surface area contributed by atoms with Gasteiger partial charge in [-0.15, -0.1) is 0 Å². The van der Waals surface area contributed by atoms with Gasteiger partial charge in [-0.2, -0.15) is 0 Å². The predicted molar refractivity (Wildman–Crippen MR) is 98.6 cm³/mol. The second-order valence-electron chi connectivity index (χ2n) is 7.05. The molecule has 4 aliphatic heterocycles. The van der Waals surface area contributed by atoms with Crippen LogP contribution >= 0.6 is 11.8 Å². The van der Waals surface area contributed by atoms with Crippen LogP contribution in [0, 0.1) is 5.82 Å². The lowest BCUT2D eigenvalue weighted by Gasteiger charge is -2.35. The van der Waals surface area contributed by atoms with Crippen LogP contribution in [-0.4, -0.2) is 41.4 Å². The lowest BCUT2D eigenvalue weighted by atomic mass is 9.92. The Kier molecular flexibility index (Phi) is 3.77. The van der Waals surface area contributed by atoms with Crippen LogP contribution in [0.15, 0.2) is 28.3 Å². The second-order valence-corrected chi connectivity index (χ2v) is 7.95. The topological polar surface area (TPSA) is 99.3 Å². The van der Waals surface area contributed by atoms with Gasteiger partial charge in [-0.25, -0.2) is 9.18 Å². The highest BCUT2D eigenvalue weighted by atomic mass is 32.2. The molecule has 0 spiro atoms. The summed E-state index contributed by atoms with van der Waals surface area (Å²) in [5, 5.41) is 22.5. The van der Waals surface area contributed by atoms with Gasteiger partial charge in [0, 0.05) is 29.9 Å². The number of thioether (sulfide) groups is 1. The van der Waals surface area contributed by atoms with Gasteiger partial charge in [-0.3, -0.25) is 0 Å². The number of aliphatic hydroxyl groups excluding tert-OH is 1. The molecule has 1 aromatic carbocycles. The number of ether oxygens (including phenoxy) is 1. The van der Waals surface area contributed by atoms with Gasteiger partial charge in [-0.05, 0) is 17.9 Å². The average molecular weight is 391 g/mol. The highest BCUT2D eigenvalue weighted by Crippen LogP contribution is 2.52. The first kappa shape index (κ1) is 17.1. The van der Waals surface area contributed by atoms with Crippen LogP contribution in [0.3, 0.4) is 0 Å². The number of halogens is 1. The SMILES string of the molecule is NC1CCN2c3c(F)cc4c(c3COCC12)N1C=CSC1=C(C(=O)O)C4O. The number of hydrogen-bond acceptors (Lipinski definition) is 7. The Hall–Kier alpha value is -2.07. The van der Waals surface area contributed by atoms with Gasteiger partial charge in [0.2, 0.25) is 0 Å². The molecular formula is C18H18FN3O4S. The maximum atomic E-state index is 15.2. The standard InChI is InChI=1S/C18H18FN3O4S/c19-10-5-8-14(22-3-4-27-17(22)13(16(8)23)18(24)25)9-6-26-7-12-11(20)1-2-21(12)15(9)10/h3-5,11-12,16,23H,1-2,6-7,20H2,(H,24,25). The maximum absolute atomic E-state index is 15.2. The van der Waals surface area contributed by atoms with Crippen molar-refractivity contribution in [1.82, 2.24) is 0 Å². The summed E-state index contributed by atoms with van der Waals surface area (Å²) in [7, 11) is 0. The van der Waals surface area contributed by atoms with E-state index in [0.717, 1.165) is 6.42 Å². The molecule has 0 amide bonds. The number of fused-ring (bicyclic) bond motifs is 7. The summed E-state index contributed by atoms with van der Waals surface area (Å²) in [5.74, 6) is -1.71. The van der Waals surface area contributed by atoms with Crippen molar-refractivity contribution in [2.45, 2.75) is 31.2 Å². The summed E-state index contributed by atoms with van der Waals surface area (Å²) in [4.78, 5) is 15.4. The van der Waals surface area contributed by atoms with E-state index in [2.05, 4.69) is 0 Å². The molecule has 0 radical (unpaired) electrons. The van der Waals surface area contributed by atoms with Crippen LogP contribution < -0.4 is 15.5 Å². The van der Waals surface area contributed by atoms with Gasteiger partial charge in [0.25, 0.3) is 0 Å². The Morgan fingerprint density at radius 1 is 1.41 bits per heavy atom. The largest absolute Gasteiger partial charge is 0.478 e. The smallest absolute Gasteiger partial charge is 0.337 e. The van der Waals surface area contributed by atoms with Crippen molar-refractivity contribution in [3.8, 4) is 0 Å². The van der Waals surface area contributed by atoms with E-state index in [1.807, 2.05) is 4.90 Å². The fraction of sp³-hybridized carbons (Fsp3) is 0.389. The van der Waals surface area contributed by atoms with Crippen LogP contribution in [0.4, 0.5) is 15.8 Å². The predicted octanol–water partition coefficient (Wildman–Crippen LogP) is 1.63. The molecule has 4 aliphatic rings. The fourth-order valence-corrected chi connectivity index (χ4v) is 5.33. The number of nitrogens with zero attached hydrogens (tertiary/aromatic N) is 2. The van der Waals surface area contributed by atoms with Gasteiger partial charge in [0.05, 0.1) is 35.7 Å². The first-order valence-electron chi connectivity index (χ1n) is 8.72. The molecule has 0 bridgehead atoms. The molecule has 9 heteroatoms. The molecule has 0 aromatic heterocycles. The molecule has 5 rings (SSSR count). The third kappa shape index (κ3) is 2.29. The highest BCUT2D eigenvalue weighted by Gasteiger charge is 2.43.